The first-order valence-electron chi connectivity index (χ1n) is 6.41. The highest BCUT2D eigenvalue weighted by Crippen LogP contribution is 1.96. The molecule has 18 heavy (non-hydrogen) atoms. The van der Waals surface area contributed by atoms with Crippen LogP contribution < -0.4 is 5.32 Å². The van der Waals surface area contributed by atoms with E-state index in [0.29, 0.717) is 6.04 Å². The third kappa shape index (κ3) is 6.37. The van der Waals surface area contributed by atoms with E-state index in [2.05, 4.69) is 47.7 Å². The fourth-order valence-electron chi connectivity index (χ4n) is 1.47. The van der Waals surface area contributed by atoms with Crippen LogP contribution in [0.5, 0.6) is 0 Å². The van der Waals surface area contributed by atoms with Gasteiger partial charge in [0.2, 0.25) is 0 Å². The van der Waals surface area contributed by atoms with E-state index < -0.39 is 0 Å². The molecule has 0 saturated carbocycles. The number of aromatic nitrogens is 3. The minimum Gasteiger partial charge on any atom is -0.309 e. The van der Waals surface area contributed by atoms with Gasteiger partial charge in [0.25, 0.3) is 0 Å². The van der Waals surface area contributed by atoms with E-state index in [-0.39, 0.29) is 0 Å². The van der Waals surface area contributed by atoms with Crippen molar-refractivity contribution in [1.82, 2.24) is 25.2 Å². The Morgan fingerprint density at radius 1 is 1.44 bits per heavy atom. The molecular formula is C12H25N5S. The minimum absolute atomic E-state index is 0.479. The smallest absolute Gasteiger partial charge is 0.0964 e. The molecule has 1 aromatic rings. The molecule has 0 fully saturated rings. The quantitative estimate of drug-likeness (QED) is 0.728. The van der Waals surface area contributed by atoms with Crippen LogP contribution in [0.1, 0.15) is 19.5 Å². The summed E-state index contributed by atoms with van der Waals surface area (Å²) in [6.07, 6.45) is 4.16. The summed E-state index contributed by atoms with van der Waals surface area (Å²) in [5.74, 6) is 1.18. The number of nitrogens with one attached hydrogen (secondary N) is 1. The van der Waals surface area contributed by atoms with Gasteiger partial charge in [-0.3, -0.25) is 4.68 Å². The average molecular weight is 271 g/mol. The molecule has 0 spiro atoms. The Balaban J connectivity index is 2.26. The standard InChI is InChI=1S/C12H25N5S/c1-11(2)13-9-12-10-17(15-14-12)6-5-16(3)7-8-18-4/h10-11,13H,5-9H2,1-4H3. The molecule has 0 atom stereocenters. The maximum Gasteiger partial charge on any atom is 0.0964 e. The number of nitrogens with zero attached hydrogens (tertiary/aromatic N) is 4. The molecule has 0 aromatic carbocycles. The highest BCUT2D eigenvalue weighted by molar-refractivity contribution is 7.98. The van der Waals surface area contributed by atoms with Crippen LogP contribution in [-0.2, 0) is 13.1 Å². The van der Waals surface area contributed by atoms with Crippen molar-refractivity contribution in [1.29, 1.82) is 0 Å². The maximum atomic E-state index is 4.16. The molecular weight excluding hydrogens is 246 g/mol. The predicted molar refractivity (Wildman–Crippen MR) is 77.9 cm³/mol. The van der Waals surface area contributed by atoms with E-state index in [1.54, 1.807) is 0 Å². The molecule has 0 aliphatic heterocycles. The van der Waals surface area contributed by atoms with E-state index in [4.69, 9.17) is 0 Å². The third-order valence-electron chi connectivity index (χ3n) is 2.67. The van der Waals surface area contributed by atoms with E-state index in [1.807, 2.05) is 22.6 Å². The van der Waals surface area contributed by atoms with Gasteiger partial charge in [0, 0.05) is 37.6 Å². The van der Waals surface area contributed by atoms with Gasteiger partial charge in [-0.2, -0.15) is 11.8 Å². The molecule has 1 aromatic heterocycles. The molecule has 1 heterocycles. The van der Waals surface area contributed by atoms with Crippen LogP contribution in [0, 0.1) is 0 Å². The van der Waals surface area contributed by atoms with Crippen molar-refractivity contribution in [2.75, 3.05) is 32.1 Å². The molecule has 0 unspecified atom stereocenters. The lowest BCUT2D eigenvalue weighted by Crippen LogP contribution is -2.25. The molecule has 0 bridgehead atoms. The van der Waals surface area contributed by atoms with Crippen LogP contribution in [0.2, 0.25) is 0 Å². The number of rotatable bonds is 9. The van der Waals surface area contributed by atoms with Crippen molar-refractivity contribution in [2.45, 2.75) is 33.0 Å². The van der Waals surface area contributed by atoms with E-state index in [1.165, 1.54) is 5.75 Å². The van der Waals surface area contributed by atoms with Gasteiger partial charge in [0.05, 0.1) is 12.2 Å². The Hall–Kier alpha value is -0.590. The lowest BCUT2D eigenvalue weighted by atomic mass is 10.3. The van der Waals surface area contributed by atoms with Gasteiger partial charge >= 0.3 is 0 Å². The number of hydrogen-bond acceptors (Lipinski definition) is 5. The highest BCUT2D eigenvalue weighted by Gasteiger charge is 2.03. The minimum atomic E-state index is 0.479. The summed E-state index contributed by atoms with van der Waals surface area (Å²) in [5, 5.41) is 11.6. The molecule has 0 saturated heterocycles. The van der Waals surface area contributed by atoms with Crippen molar-refractivity contribution in [3.63, 3.8) is 0 Å². The van der Waals surface area contributed by atoms with Crippen LogP contribution >= 0.6 is 11.8 Å². The first-order valence-corrected chi connectivity index (χ1v) is 7.81. The number of hydrogen-bond donors (Lipinski definition) is 1. The lowest BCUT2D eigenvalue weighted by Gasteiger charge is -2.15. The SMILES string of the molecule is CSCCN(C)CCn1cc(CNC(C)C)nn1. The van der Waals surface area contributed by atoms with Gasteiger partial charge in [0.15, 0.2) is 0 Å². The van der Waals surface area contributed by atoms with Gasteiger partial charge in [-0.1, -0.05) is 19.1 Å². The summed E-state index contributed by atoms with van der Waals surface area (Å²) >= 11 is 1.88. The van der Waals surface area contributed by atoms with Gasteiger partial charge < -0.3 is 10.2 Å². The normalized spacial score (nSPS) is 11.7. The molecule has 0 aliphatic carbocycles. The summed E-state index contributed by atoms with van der Waals surface area (Å²) in [4.78, 5) is 2.32. The second kappa shape index (κ2) is 8.50. The fraction of sp³-hybridized carbons (Fsp3) is 0.833. The monoisotopic (exact) mass is 271 g/mol. The summed E-state index contributed by atoms with van der Waals surface area (Å²) in [6, 6.07) is 0.479. The Morgan fingerprint density at radius 3 is 2.89 bits per heavy atom. The molecule has 104 valence electrons. The van der Waals surface area contributed by atoms with E-state index >= 15 is 0 Å². The van der Waals surface area contributed by atoms with Gasteiger partial charge in [-0.15, -0.1) is 5.10 Å². The summed E-state index contributed by atoms with van der Waals surface area (Å²) in [5.41, 5.74) is 1.01. The first-order chi connectivity index (χ1) is 8.61. The summed E-state index contributed by atoms with van der Waals surface area (Å²) in [6.45, 7) is 8.09. The Kier molecular flexibility index (Phi) is 7.31. The van der Waals surface area contributed by atoms with Crippen molar-refractivity contribution in [3.05, 3.63) is 11.9 Å². The van der Waals surface area contributed by atoms with Gasteiger partial charge in [-0.05, 0) is 13.3 Å². The number of likely N-dealkylation sites (N-methyl/N-ethyl adjacent to an activating group) is 1. The van der Waals surface area contributed by atoms with Crippen LogP contribution in [0.3, 0.4) is 0 Å². The topological polar surface area (TPSA) is 46.0 Å². The Morgan fingerprint density at radius 2 is 2.22 bits per heavy atom. The lowest BCUT2D eigenvalue weighted by molar-refractivity contribution is 0.328. The van der Waals surface area contributed by atoms with Crippen molar-refractivity contribution in [3.8, 4) is 0 Å². The summed E-state index contributed by atoms with van der Waals surface area (Å²) < 4.78 is 1.92. The van der Waals surface area contributed by atoms with Crippen LogP contribution in [0.25, 0.3) is 0 Å². The van der Waals surface area contributed by atoms with Crippen molar-refractivity contribution >= 4 is 11.8 Å². The third-order valence-corrected chi connectivity index (χ3v) is 3.26. The fourth-order valence-corrected chi connectivity index (χ4v) is 1.96. The van der Waals surface area contributed by atoms with E-state index in [9.17, 15) is 0 Å². The maximum absolute atomic E-state index is 4.16. The van der Waals surface area contributed by atoms with E-state index in [0.717, 1.165) is 31.9 Å². The molecule has 6 heteroatoms. The molecule has 1 N–H and O–H groups in total. The van der Waals surface area contributed by atoms with Crippen molar-refractivity contribution < 1.29 is 0 Å². The molecule has 1 rings (SSSR count). The van der Waals surface area contributed by atoms with Crippen LogP contribution in [0.15, 0.2) is 6.20 Å². The average Bonchev–Trinajstić information content (AvgIpc) is 2.79. The Labute approximate surface area is 114 Å². The second-order valence-corrected chi connectivity index (χ2v) is 5.79. The van der Waals surface area contributed by atoms with Crippen LogP contribution in [-0.4, -0.2) is 58.1 Å². The Bertz CT molecular complexity index is 326. The zero-order valence-electron chi connectivity index (χ0n) is 11.9. The molecule has 0 radical (unpaired) electrons. The molecule has 0 amide bonds. The zero-order valence-corrected chi connectivity index (χ0v) is 12.7. The highest BCUT2D eigenvalue weighted by atomic mass is 32.2. The predicted octanol–water partition coefficient (Wildman–Crippen LogP) is 1.07. The first kappa shape index (κ1) is 15.5. The van der Waals surface area contributed by atoms with Crippen LogP contribution in [0.4, 0.5) is 0 Å². The molecule has 5 nitrogen and oxygen atoms in total. The zero-order chi connectivity index (χ0) is 13.4. The second-order valence-electron chi connectivity index (χ2n) is 4.80. The summed E-state index contributed by atoms with van der Waals surface area (Å²) in [7, 11) is 2.15. The molecule has 0 aliphatic rings. The number of thioether (sulfide) groups is 1. The largest absolute Gasteiger partial charge is 0.309 e. The van der Waals surface area contributed by atoms with Crippen molar-refractivity contribution in [2.24, 2.45) is 0 Å². The van der Waals surface area contributed by atoms with Gasteiger partial charge in [0.1, 0.15) is 0 Å². The van der Waals surface area contributed by atoms with Gasteiger partial charge in [-0.25, -0.2) is 0 Å².